The lowest BCUT2D eigenvalue weighted by atomic mass is 9.78. The predicted octanol–water partition coefficient (Wildman–Crippen LogP) is 8.42. The summed E-state index contributed by atoms with van der Waals surface area (Å²) in [5.74, 6) is -0.643. The Kier molecular flexibility index (Phi) is 10.2. The van der Waals surface area contributed by atoms with Crippen LogP contribution >= 0.6 is 11.6 Å². The Morgan fingerprint density at radius 3 is 2.16 bits per heavy atom. The first kappa shape index (κ1) is 38.3. The first-order valence-electron chi connectivity index (χ1n) is 18.8. The van der Waals surface area contributed by atoms with Gasteiger partial charge in [0.25, 0.3) is 5.91 Å². The molecular weight excluding hydrogens is 728 g/mol. The number of rotatable bonds is 9. The number of likely N-dealkylation sites (N-methyl/N-ethyl adjacent to an activating group) is 1. The molecule has 0 saturated carbocycles. The van der Waals surface area contributed by atoms with Gasteiger partial charge >= 0.3 is 0 Å². The number of halogens is 1. The summed E-state index contributed by atoms with van der Waals surface area (Å²) in [6.45, 7) is 11.2. The Labute approximate surface area is 329 Å². The monoisotopic (exact) mass is 775 g/mol. The molecular formula is C45H48ClN4O4S+. The van der Waals surface area contributed by atoms with Crippen LogP contribution in [0.5, 0.6) is 0 Å². The molecule has 8 nitrogen and oxygen atoms in total. The molecule has 0 atom stereocenters. The average molecular weight is 776 g/mol. The maximum Gasteiger partial charge on any atom is 0.299 e. The molecule has 4 aromatic rings. The molecule has 0 bridgehead atoms. The van der Waals surface area contributed by atoms with Crippen molar-refractivity contribution in [3.8, 4) is 0 Å². The van der Waals surface area contributed by atoms with Crippen molar-refractivity contribution >= 4 is 72.1 Å². The van der Waals surface area contributed by atoms with Crippen LogP contribution < -0.4 is 14.9 Å². The van der Waals surface area contributed by atoms with Crippen LogP contribution in [0.25, 0.3) is 21.5 Å². The van der Waals surface area contributed by atoms with E-state index in [-0.39, 0.29) is 24.4 Å². The van der Waals surface area contributed by atoms with Crippen molar-refractivity contribution in [2.75, 3.05) is 30.8 Å². The van der Waals surface area contributed by atoms with E-state index in [0.717, 1.165) is 81.2 Å². The smallest absolute Gasteiger partial charge is 0.299 e. The minimum absolute atomic E-state index is 0.0359. The molecule has 2 heterocycles. The predicted molar refractivity (Wildman–Crippen MR) is 225 cm³/mol. The summed E-state index contributed by atoms with van der Waals surface area (Å²) in [5, 5.41) is 8.18. The van der Waals surface area contributed by atoms with Gasteiger partial charge in [0, 0.05) is 46.1 Å². The van der Waals surface area contributed by atoms with Crippen LogP contribution in [0.4, 0.5) is 11.4 Å². The van der Waals surface area contributed by atoms with E-state index >= 15 is 0 Å². The molecule has 0 unspecified atom stereocenters. The highest BCUT2D eigenvalue weighted by Gasteiger charge is 2.46. The molecule has 0 aromatic heterocycles. The molecule has 55 heavy (non-hydrogen) atoms. The summed E-state index contributed by atoms with van der Waals surface area (Å²) in [5.41, 5.74) is 7.20. The fraction of sp³-hybridized carbons (Fsp3) is 0.311. The normalized spacial score (nSPS) is 19.2. The first-order valence-corrected chi connectivity index (χ1v) is 21.1. The fourth-order valence-corrected chi connectivity index (χ4v) is 9.55. The van der Waals surface area contributed by atoms with Crippen LogP contribution in [0.15, 0.2) is 119 Å². The average Bonchev–Trinajstić information content (AvgIpc) is 3.47. The molecule has 2 aliphatic heterocycles. The van der Waals surface area contributed by atoms with Gasteiger partial charge in [-0.15, -0.1) is 0 Å². The van der Waals surface area contributed by atoms with Gasteiger partial charge in [-0.2, -0.15) is 4.58 Å². The van der Waals surface area contributed by atoms with E-state index in [2.05, 4.69) is 103 Å². The Bertz CT molecular complexity index is 2540. The van der Waals surface area contributed by atoms with Crippen molar-refractivity contribution in [3.63, 3.8) is 0 Å². The summed E-state index contributed by atoms with van der Waals surface area (Å²) >= 11 is 7.25. The summed E-state index contributed by atoms with van der Waals surface area (Å²) in [6.07, 6.45) is 11.8. The third kappa shape index (κ3) is 7.16. The molecule has 7 rings (SSSR count). The standard InChI is InChI=1S/C45H47ClN4O4S/c1-7-47-39(51)27-49-35-23-19-29-13-8-10-17-33(29)41(35)44(2,3)37(49)25-21-31-15-12-16-32(43(31)46)22-26-38-45(4,5)42-34-18-11-9-14-30(34)20-24-36(42)50(38)28-40(52)48-55(6,53)54/h8-11,13-14,17-26H,7,12,15-16,27-28H2,1-6H3,(H-,47,48,51,52)/p+1. The quantitative estimate of drug-likeness (QED) is 0.167. The number of fused-ring (bicyclic) bond motifs is 6. The van der Waals surface area contributed by atoms with Gasteiger partial charge in [0.15, 0.2) is 5.71 Å². The number of sulfonamides is 1. The van der Waals surface area contributed by atoms with Crippen LogP contribution in [0, 0.1) is 0 Å². The fourth-order valence-electron chi connectivity index (χ4n) is 8.76. The minimum atomic E-state index is -3.74. The lowest BCUT2D eigenvalue weighted by molar-refractivity contribution is -0.425. The molecule has 284 valence electrons. The number of nitrogens with one attached hydrogen (secondary N) is 2. The zero-order valence-corrected chi connectivity index (χ0v) is 33.9. The molecule has 0 saturated heterocycles. The lowest BCUT2D eigenvalue weighted by Gasteiger charge is -2.27. The third-order valence-corrected chi connectivity index (χ3v) is 12.2. The number of amides is 2. The number of allylic oxidation sites excluding steroid dienone is 8. The molecule has 0 spiro atoms. The van der Waals surface area contributed by atoms with Crippen molar-refractivity contribution in [3.05, 3.63) is 130 Å². The van der Waals surface area contributed by atoms with Gasteiger partial charge in [0.1, 0.15) is 6.54 Å². The lowest BCUT2D eigenvalue weighted by Crippen LogP contribution is -2.37. The van der Waals surface area contributed by atoms with E-state index in [1.54, 1.807) is 0 Å². The summed E-state index contributed by atoms with van der Waals surface area (Å²) < 4.78 is 28.1. The number of nitrogens with zero attached hydrogens (tertiary/aromatic N) is 2. The zero-order valence-electron chi connectivity index (χ0n) is 32.3. The molecule has 1 aliphatic carbocycles. The Hall–Kier alpha value is -4.99. The number of benzene rings is 4. The summed E-state index contributed by atoms with van der Waals surface area (Å²) in [7, 11) is -3.74. The number of hydrogen-bond donors (Lipinski definition) is 2. The van der Waals surface area contributed by atoms with E-state index in [4.69, 9.17) is 11.6 Å². The van der Waals surface area contributed by atoms with Crippen LogP contribution in [-0.2, 0) is 30.4 Å². The zero-order chi connectivity index (χ0) is 39.3. The van der Waals surface area contributed by atoms with Gasteiger partial charge in [-0.3, -0.25) is 9.59 Å². The highest BCUT2D eigenvalue weighted by Crippen LogP contribution is 2.51. The van der Waals surface area contributed by atoms with Crippen molar-refractivity contribution < 1.29 is 22.6 Å². The van der Waals surface area contributed by atoms with E-state index in [9.17, 15) is 18.0 Å². The molecule has 0 radical (unpaired) electrons. The van der Waals surface area contributed by atoms with E-state index in [1.165, 1.54) is 10.9 Å². The van der Waals surface area contributed by atoms with E-state index < -0.39 is 21.3 Å². The number of hydrogen-bond acceptors (Lipinski definition) is 5. The van der Waals surface area contributed by atoms with Crippen molar-refractivity contribution in [2.24, 2.45) is 0 Å². The second kappa shape index (κ2) is 14.6. The summed E-state index contributed by atoms with van der Waals surface area (Å²) in [6, 6.07) is 24.9. The Morgan fingerprint density at radius 1 is 0.836 bits per heavy atom. The van der Waals surface area contributed by atoms with Gasteiger partial charge in [0.05, 0.1) is 11.7 Å². The van der Waals surface area contributed by atoms with Gasteiger partial charge in [-0.25, -0.2) is 13.1 Å². The topological polar surface area (TPSA) is 98.6 Å². The van der Waals surface area contributed by atoms with Crippen molar-refractivity contribution in [1.29, 1.82) is 0 Å². The minimum Gasteiger partial charge on any atom is -0.355 e. The third-order valence-electron chi connectivity index (χ3n) is 11.1. The number of carbonyl (C=O) groups is 2. The Balaban J connectivity index is 1.28. The maximum absolute atomic E-state index is 13.1. The molecule has 2 amide bonds. The second-order valence-corrected chi connectivity index (χ2v) is 17.8. The molecule has 10 heteroatoms. The van der Waals surface area contributed by atoms with Gasteiger partial charge in [-0.1, -0.05) is 92.2 Å². The van der Waals surface area contributed by atoms with Crippen LogP contribution in [0.2, 0.25) is 0 Å². The van der Waals surface area contributed by atoms with Crippen LogP contribution in [-0.4, -0.2) is 56.4 Å². The van der Waals surface area contributed by atoms with Gasteiger partial charge < -0.3 is 10.2 Å². The largest absolute Gasteiger partial charge is 0.355 e. The molecule has 4 aromatic carbocycles. The highest BCUT2D eigenvalue weighted by molar-refractivity contribution is 7.89. The first-order chi connectivity index (χ1) is 26.1. The maximum atomic E-state index is 13.1. The van der Waals surface area contributed by atoms with Crippen molar-refractivity contribution in [1.82, 2.24) is 10.0 Å². The van der Waals surface area contributed by atoms with Crippen LogP contribution in [0.3, 0.4) is 0 Å². The number of carbonyl (C=O) groups excluding carboxylic acids is 2. The molecule has 2 N–H and O–H groups in total. The van der Waals surface area contributed by atoms with Gasteiger partial charge in [-0.05, 0) is 96.5 Å². The number of anilines is 1. The van der Waals surface area contributed by atoms with Crippen LogP contribution in [0.1, 0.15) is 65.0 Å². The SMILES string of the molecule is CCNC(=O)CN1/C(=C/C=C2\CCCC(/C=C/C3=[N+](CC(=O)NS(C)(=O)=O)c4ccc5ccccc5c4C3(C)C)=C2Cl)C(C)(C)c2c1ccc1ccccc21. The second-order valence-electron chi connectivity index (χ2n) is 15.7. The Morgan fingerprint density at radius 2 is 1.49 bits per heavy atom. The van der Waals surface area contributed by atoms with E-state index in [0.29, 0.717) is 11.6 Å². The summed E-state index contributed by atoms with van der Waals surface area (Å²) in [4.78, 5) is 28.3. The van der Waals surface area contributed by atoms with E-state index in [1.807, 2.05) is 47.9 Å². The van der Waals surface area contributed by atoms with Gasteiger partial charge in [0.2, 0.25) is 28.2 Å². The highest BCUT2D eigenvalue weighted by atomic mass is 35.5. The molecule has 3 aliphatic rings. The van der Waals surface area contributed by atoms with Crippen molar-refractivity contribution in [2.45, 2.75) is 64.7 Å². The molecule has 0 fully saturated rings.